The first-order valence-corrected chi connectivity index (χ1v) is 5.28. The van der Waals surface area contributed by atoms with E-state index in [1.54, 1.807) is 0 Å². The second-order valence-electron chi connectivity index (χ2n) is 1.51. The van der Waals surface area contributed by atoms with E-state index < -0.39 is 0 Å². The van der Waals surface area contributed by atoms with Crippen LogP contribution in [0.4, 0.5) is 0 Å². The van der Waals surface area contributed by atoms with E-state index in [1.165, 1.54) is 6.42 Å². The van der Waals surface area contributed by atoms with Gasteiger partial charge >= 0.3 is 49.8 Å². The number of rotatable bonds is 1. The van der Waals surface area contributed by atoms with Gasteiger partial charge in [-0.05, 0) is 0 Å². The van der Waals surface area contributed by atoms with Crippen molar-refractivity contribution in [3.63, 3.8) is 0 Å². The summed E-state index contributed by atoms with van der Waals surface area (Å²) in [4.78, 5) is 0. The van der Waals surface area contributed by atoms with Crippen LogP contribution >= 0.6 is 0 Å². The van der Waals surface area contributed by atoms with Crippen LogP contribution in [0.15, 0.2) is 0 Å². The van der Waals surface area contributed by atoms with Crippen molar-refractivity contribution in [2.24, 2.45) is 0 Å². The molecule has 1 atom stereocenters. The van der Waals surface area contributed by atoms with Crippen LogP contribution in [0.5, 0.6) is 0 Å². The minimum atomic E-state index is 0. The van der Waals surface area contributed by atoms with Crippen LogP contribution in [0.2, 0.25) is 3.43 Å². The van der Waals surface area contributed by atoms with Gasteiger partial charge in [0.25, 0.3) is 0 Å². The fraction of sp³-hybridized carbons (Fsp3) is 1.00. The molecule has 0 rings (SSSR count). The molecular weight excluding hydrogens is 329 g/mol. The fourth-order valence-electron chi connectivity index (χ4n) is 0. The van der Waals surface area contributed by atoms with Gasteiger partial charge in [0, 0.05) is 0 Å². The van der Waals surface area contributed by atoms with Crippen LogP contribution in [-0.2, 0) is 26.1 Å². The minimum absolute atomic E-state index is 0. The molecule has 0 N–H and O–H groups in total. The maximum Gasteiger partial charge on any atom is -1.00 e. The molecule has 0 saturated carbocycles. The van der Waals surface area contributed by atoms with Gasteiger partial charge in [0.2, 0.25) is 0 Å². The second kappa shape index (κ2) is 6.42. The van der Waals surface area contributed by atoms with Crippen molar-refractivity contribution in [2.45, 2.75) is 23.7 Å². The fourth-order valence-corrected chi connectivity index (χ4v) is 0. The SMILES string of the molecule is CC[CH](C)[Hg+].[Br-]. The summed E-state index contributed by atoms with van der Waals surface area (Å²) in [6, 6.07) is 0. The standard InChI is InChI=1S/C4H9.BrH.Hg/c1-3-4-2;;/h3H,4H2,1-2H3;1H;/q;;+1/p-1. The molecule has 0 nitrogen and oxygen atoms in total. The molecule has 0 radical (unpaired) electrons. The molecule has 0 spiro atoms. The molecule has 0 bridgehead atoms. The summed E-state index contributed by atoms with van der Waals surface area (Å²) < 4.78 is 1.08. The molecule has 0 aliphatic heterocycles. The Morgan fingerprint density at radius 2 is 1.83 bits per heavy atom. The molecule has 0 aromatic heterocycles. The van der Waals surface area contributed by atoms with Crippen molar-refractivity contribution in [3.8, 4) is 0 Å². The minimum Gasteiger partial charge on any atom is -1.00 e. The summed E-state index contributed by atoms with van der Waals surface area (Å²) in [6.07, 6.45) is 1.39. The van der Waals surface area contributed by atoms with E-state index in [0.29, 0.717) is 0 Å². The van der Waals surface area contributed by atoms with Crippen LogP contribution in [0.1, 0.15) is 20.3 Å². The van der Waals surface area contributed by atoms with E-state index in [4.69, 9.17) is 0 Å². The maximum absolute atomic E-state index is 2.31. The third-order valence-corrected chi connectivity index (χ3v) is 2.94. The molecule has 2 heteroatoms. The van der Waals surface area contributed by atoms with Crippen LogP contribution < -0.4 is 17.0 Å². The molecule has 0 heterocycles. The average molecular weight is 338 g/mol. The first kappa shape index (κ1) is 10.4. The zero-order valence-corrected chi connectivity index (χ0v) is 11.5. The summed E-state index contributed by atoms with van der Waals surface area (Å²) in [5.74, 6) is 0. The molecule has 0 aliphatic rings. The van der Waals surface area contributed by atoms with Crippen LogP contribution in [0, 0.1) is 0 Å². The average Bonchev–Trinajstić information content (AvgIpc) is 1.38. The predicted molar refractivity (Wildman–Crippen MR) is 19.7 cm³/mol. The van der Waals surface area contributed by atoms with Gasteiger partial charge in [0.05, 0.1) is 0 Å². The zero-order valence-electron chi connectivity index (χ0n) is 4.37. The Labute approximate surface area is 66.4 Å². The molecule has 0 saturated heterocycles. The second-order valence-corrected chi connectivity index (χ2v) is 6.93. The summed E-state index contributed by atoms with van der Waals surface area (Å²) in [5.41, 5.74) is 0. The third-order valence-electron chi connectivity index (χ3n) is 0.697. The normalized spacial score (nSPS) is 12.7. The summed E-state index contributed by atoms with van der Waals surface area (Å²) in [7, 11) is 0. The first-order chi connectivity index (χ1) is 2.27. The summed E-state index contributed by atoms with van der Waals surface area (Å²) in [5, 5.41) is 0. The molecular formula is C4H9BrHg. The van der Waals surface area contributed by atoms with E-state index in [2.05, 4.69) is 13.8 Å². The van der Waals surface area contributed by atoms with Crippen molar-refractivity contribution < 1.29 is 43.1 Å². The van der Waals surface area contributed by atoms with Crippen molar-refractivity contribution in [2.75, 3.05) is 0 Å². The summed E-state index contributed by atoms with van der Waals surface area (Å²) >= 11 is 1.03. The van der Waals surface area contributed by atoms with Gasteiger partial charge < -0.3 is 17.0 Å². The topological polar surface area (TPSA) is 0 Å². The van der Waals surface area contributed by atoms with E-state index in [1.807, 2.05) is 0 Å². The van der Waals surface area contributed by atoms with Crippen LogP contribution in [0.3, 0.4) is 0 Å². The Bertz CT molecular complexity index is 21.5. The molecule has 0 amide bonds. The van der Waals surface area contributed by atoms with Crippen molar-refractivity contribution in [1.29, 1.82) is 0 Å². The Hall–Kier alpha value is 1.42. The molecule has 0 fully saturated rings. The van der Waals surface area contributed by atoms with Gasteiger partial charge in [0.15, 0.2) is 0 Å². The van der Waals surface area contributed by atoms with Crippen LogP contribution in [-0.4, -0.2) is 0 Å². The molecule has 34 valence electrons. The largest absolute Gasteiger partial charge is 1.00 e. The predicted octanol–water partition coefficient (Wildman–Crippen LogP) is -1.24. The quantitative estimate of drug-likeness (QED) is 0.525. The summed E-state index contributed by atoms with van der Waals surface area (Å²) in [6.45, 7) is 4.56. The maximum atomic E-state index is 2.31. The van der Waals surface area contributed by atoms with E-state index in [9.17, 15) is 0 Å². The van der Waals surface area contributed by atoms with Gasteiger partial charge in [0.1, 0.15) is 0 Å². The third kappa shape index (κ3) is 9.05. The van der Waals surface area contributed by atoms with Gasteiger partial charge in [-0.15, -0.1) is 0 Å². The van der Waals surface area contributed by atoms with Crippen molar-refractivity contribution in [3.05, 3.63) is 0 Å². The monoisotopic (exact) mass is 338 g/mol. The Morgan fingerprint density at radius 1 is 1.67 bits per heavy atom. The molecule has 0 aliphatic carbocycles. The number of halogens is 1. The van der Waals surface area contributed by atoms with E-state index >= 15 is 0 Å². The van der Waals surface area contributed by atoms with Gasteiger partial charge in [-0.25, -0.2) is 0 Å². The molecule has 6 heavy (non-hydrogen) atoms. The Morgan fingerprint density at radius 3 is 1.83 bits per heavy atom. The number of hydrogen-bond acceptors (Lipinski definition) is 0. The smallest absolute Gasteiger partial charge is 1.00 e. The van der Waals surface area contributed by atoms with E-state index in [0.717, 1.165) is 29.5 Å². The zero-order chi connectivity index (χ0) is 4.28. The molecule has 1 unspecified atom stereocenters. The first-order valence-electron chi connectivity index (χ1n) is 2.10. The number of hydrogen-bond donors (Lipinski definition) is 0. The van der Waals surface area contributed by atoms with Gasteiger partial charge in [-0.2, -0.15) is 0 Å². The Kier molecular flexibility index (Phi) is 11.1. The van der Waals surface area contributed by atoms with Crippen molar-refractivity contribution >= 4 is 0 Å². The van der Waals surface area contributed by atoms with Crippen molar-refractivity contribution in [1.82, 2.24) is 0 Å². The van der Waals surface area contributed by atoms with Gasteiger partial charge in [-0.3, -0.25) is 0 Å². The Balaban J connectivity index is 0. The van der Waals surface area contributed by atoms with E-state index in [-0.39, 0.29) is 17.0 Å². The molecule has 0 aromatic rings. The van der Waals surface area contributed by atoms with Crippen LogP contribution in [0.25, 0.3) is 0 Å². The molecule has 0 aromatic carbocycles. The van der Waals surface area contributed by atoms with Gasteiger partial charge in [-0.1, -0.05) is 0 Å².